The van der Waals surface area contributed by atoms with Crippen LogP contribution in [0.3, 0.4) is 0 Å². The third-order valence-electron chi connectivity index (χ3n) is 3.51. The van der Waals surface area contributed by atoms with Crippen LogP contribution in [0, 0.1) is 5.92 Å². The van der Waals surface area contributed by atoms with E-state index in [0.29, 0.717) is 6.10 Å². The Morgan fingerprint density at radius 3 is 2.73 bits per heavy atom. The molecule has 0 unspecified atom stereocenters. The normalized spacial score (nSPS) is 38.5. The Hall–Kier alpha value is -0.470. The van der Waals surface area contributed by atoms with Gasteiger partial charge in [0.15, 0.2) is 0 Å². The van der Waals surface area contributed by atoms with Gasteiger partial charge in [0.25, 0.3) is 0 Å². The highest BCUT2D eigenvalue weighted by atomic mass is 32.2. The largest absolute Gasteiger partial charge is 0.361 e. The Labute approximate surface area is 95.2 Å². The first kappa shape index (κ1) is 9.73. The fourth-order valence-corrected chi connectivity index (χ4v) is 4.18. The summed E-state index contributed by atoms with van der Waals surface area (Å²) in [5, 5.41) is 0. The minimum Gasteiger partial charge on any atom is -0.361 e. The summed E-state index contributed by atoms with van der Waals surface area (Å²) in [4.78, 5) is 1.47. The molecule has 2 aliphatic rings. The lowest BCUT2D eigenvalue weighted by Gasteiger charge is -2.42. The molecular weight excluding hydrogens is 204 g/mol. The zero-order valence-electron chi connectivity index (χ0n) is 8.98. The van der Waals surface area contributed by atoms with Crippen molar-refractivity contribution in [1.29, 1.82) is 0 Å². The van der Waals surface area contributed by atoms with Crippen molar-refractivity contribution in [3.63, 3.8) is 0 Å². The molecule has 80 valence electrons. The highest BCUT2D eigenvalue weighted by Crippen LogP contribution is 2.58. The summed E-state index contributed by atoms with van der Waals surface area (Å²) < 4.78 is 6.11. The number of hydrogen-bond donors (Lipinski definition) is 0. The second-order valence-corrected chi connectivity index (χ2v) is 5.99. The number of thioether (sulfide) groups is 1. The molecule has 1 saturated heterocycles. The van der Waals surface area contributed by atoms with Crippen LogP contribution in [0.15, 0.2) is 35.2 Å². The van der Waals surface area contributed by atoms with Crippen LogP contribution >= 0.6 is 11.8 Å². The van der Waals surface area contributed by atoms with E-state index >= 15 is 0 Å². The quantitative estimate of drug-likeness (QED) is 0.751. The summed E-state index contributed by atoms with van der Waals surface area (Å²) in [6, 6.07) is 10.6. The second kappa shape index (κ2) is 3.53. The Morgan fingerprint density at radius 1 is 1.33 bits per heavy atom. The molecule has 1 heterocycles. The minimum atomic E-state index is 0.126. The van der Waals surface area contributed by atoms with Gasteiger partial charge in [0.2, 0.25) is 0 Å². The van der Waals surface area contributed by atoms with Gasteiger partial charge >= 0.3 is 0 Å². The molecule has 1 aromatic rings. The number of rotatable bonds is 2. The van der Waals surface area contributed by atoms with Crippen molar-refractivity contribution in [3.8, 4) is 0 Å². The van der Waals surface area contributed by atoms with Crippen molar-refractivity contribution in [2.45, 2.75) is 42.1 Å². The summed E-state index contributed by atoms with van der Waals surface area (Å²) in [6.45, 7) is 2.20. The van der Waals surface area contributed by atoms with Gasteiger partial charge in [0.1, 0.15) is 4.93 Å². The zero-order chi connectivity index (χ0) is 10.3. The number of hydrogen-bond acceptors (Lipinski definition) is 2. The van der Waals surface area contributed by atoms with Gasteiger partial charge in [-0.05, 0) is 38.3 Å². The second-order valence-electron chi connectivity index (χ2n) is 4.63. The molecule has 1 aliphatic heterocycles. The van der Waals surface area contributed by atoms with Gasteiger partial charge in [-0.2, -0.15) is 0 Å². The molecule has 0 amide bonds. The predicted molar refractivity (Wildman–Crippen MR) is 62.9 cm³/mol. The molecule has 1 aromatic carbocycles. The molecule has 0 aromatic heterocycles. The average molecular weight is 220 g/mol. The highest BCUT2D eigenvalue weighted by molar-refractivity contribution is 8.00. The minimum absolute atomic E-state index is 0.126. The van der Waals surface area contributed by atoms with Gasteiger partial charge in [-0.15, -0.1) is 0 Å². The van der Waals surface area contributed by atoms with Crippen molar-refractivity contribution in [1.82, 2.24) is 0 Å². The van der Waals surface area contributed by atoms with E-state index in [0.717, 1.165) is 5.92 Å². The first-order chi connectivity index (χ1) is 7.28. The Balaban J connectivity index is 1.78. The van der Waals surface area contributed by atoms with Crippen LogP contribution in [0.2, 0.25) is 0 Å². The van der Waals surface area contributed by atoms with Crippen LogP contribution in [-0.2, 0) is 4.74 Å². The van der Waals surface area contributed by atoms with Crippen LogP contribution < -0.4 is 0 Å². The summed E-state index contributed by atoms with van der Waals surface area (Å²) in [5.74, 6) is 0.790. The monoisotopic (exact) mass is 220 g/mol. The van der Waals surface area contributed by atoms with E-state index < -0.39 is 0 Å². The van der Waals surface area contributed by atoms with E-state index in [1.165, 1.54) is 24.2 Å². The first-order valence-electron chi connectivity index (χ1n) is 5.70. The van der Waals surface area contributed by atoms with E-state index in [1.54, 1.807) is 0 Å². The molecule has 2 heteroatoms. The molecule has 1 aliphatic carbocycles. The van der Waals surface area contributed by atoms with Gasteiger partial charge in [0.05, 0.1) is 6.10 Å². The molecule has 1 saturated carbocycles. The fourth-order valence-electron chi connectivity index (χ4n) is 2.67. The van der Waals surface area contributed by atoms with Crippen LogP contribution in [0.1, 0.15) is 26.2 Å². The SMILES string of the molecule is C[C@H]1C[C@H]2CC[C@@]2(Sc2ccccc2)O1. The Bertz CT molecular complexity index is 351. The number of fused-ring (bicyclic) bond motifs is 1. The Morgan fingerprint density at radius 2 is 2.13 bits per heavy atom. The van der Waals surface area contributed by atoms with E-state index in [-0.39, 0.29) is 4.93 Å². The molecule has 0 radical (unpaired) electrons. The molecule has 3 rings (SSSR count). The molecule has 1 nitrogen and oxygen atoms in total. The van der Waals surface area contributed by atoms with Crippen LogP contribution in [-0.4, -0.2) is 11.0 Å². The Kier molecular flexibility index (Phi) is 2.29. The van der Waals surface area contributed by atoms with Crippen molar-refractivity contribution in [3.05, 3.63) is 30.3 Å². The highest BCUT2D eigenvalue weighted by Gasteiger charge is 2.54. The summed E-state index contributed by atoms with van der Waals surface area (Å²) in [5.41, 5.74) is 0. The van der Waals surface area contributed by atoms with Crippen molar-refractivity contribution >= 4 is 11.8 Å². The summed E-state index contributed by atoms with van der Waals surface area (Å²) in [6.07, 6.45) is 4.28. The summed E-state index contributed by atoms with van der Waals surface area (Å²) in [7, 11) is 0. The lowest BCUT2D eigenvalue weighted by molar-refractivity contribution is -0.0275. The molecule has 15 heavy (non-hydrogen) atoms. The standard InChI is InChI=1S/C13H16OS/c1-10-9-11-7-8-13(11,14-10)15-12-5-3-2-4-6-12/h2-6,10-11H,7-9H2,1H3/t10-,11+,13-/m0/s1. The molecule has 0 N–H and O–H groups in total. The third kappa shape index (κ3) is 1.60. The van der Waals surface area contributed by atoms with Gasteiger partial charge in [-0.3, -0.25) is 0 Å². The number of ether oxygens (including phenoxy) is 1. The average Bonchev–Trinajstić information content (AvgIpc) is 2.44. The predicted octanol–water partition coefficient (Wildman–Crippen LogP) is 3.69. The first-order valence-corrected chi connectivity index (χ1v) is 6.52. The molecule has 3 atom stereocenters. The smallest absolute Gasteiger partial charge is 0.121 e. The fraction of sp³-hybridized carbons (Fsp3) is 0.538. The van der Waals surface area contributed by atoms with Gasteiger partial charge in [-0.25, -0.2) is 0 Å². The van der Waals surface area contributed by atoms with Crippen molar-refractivity contribution < 1.29 is 4.74 Å². The lowest BCUT2D eigenvalue weighted by Crippen LogP contribution is -2.41. The summed E-state index contributed by atoms with van der Waals surface area (Å²) >= 11 is 1.93. The molecular formula is C13H16OS. The number of benzene rings is 1. The van der Waals surface area contributed by atoms with Crippen LogP contribution in [0.25, 0.3) is 0 Å². The molecule has 0 bridgehead atoms. The molecule has 0 spiro atoms. The van der Waals surface area contributed by atoms with E-state index in [4.69, 9.17) is 4.74 Å². The van der Waals surface area contributed by atoms with Crippen LogP contribution in [0.5, 0.6) is 0 Å². The van der Waals surface area contributed by atoms with Crippen molar-refractivity contribution in [2.24, 2.45) is 5.92 Å². The van der Waals surface area contributed by atoms with E-state index in [1.807, 2.05) is 11.8 Å². The lowest BCUT2D eigenvalue weighted by atomic mass is 9.80. The van der Waals surface area contributed by atoms with E-state index in [9.17, 15) is 0 Å². The van der Waals surface area contributed by atoms with E-state index in [2.05, 4.69) is 37.3 Å². The maximum Gasteiger partial charge on any atom is 0.121 e. The van der Waals surface area contributed by atoms with Gasteiger partial charge in [-0.1, -0.05) is 30.0 Å². The van der Waals surface area contributed by atoms with Crippen molar-refractivity contribution in [2.75, 3.05) is 0 Å². The van der Waals surface area contributed by atoms with Gasteiger partial charge < -0.3 is 4.74 Å². The molecule has 2 fully saturated rings. The topological polar surface area (TPSA) is 9.23 Å². The maximum atomic E-state index is 6.11. The maximum absolute atomic E-state index is 6.11. The third-order valence-corrected chi connectivity index (χ3v) is 5.00. The van der Waals surface area contributed by atoms with Gasteiger partial charge in [0, 0.05) is 10.8 Å². The zero-order valence-corrected chi connectivity index (χ0v) is 9.80. The van der Waals surface area contributed by atoms with Crippen LogP contribution in [0.4, 0.5) is 0 Å².